The molecule has 5 nitrogen and oxygen atoms in total. The molecule has 1 unspecified atom stereocenters. The fourth-order valence-electron chi connectivity index (χ4n) is 4.25. The molecule has 1 aromatic rings. The van der Waals surface area contributed by atoms with Gasteiger partial charge in [0.25, 0.3) is 5.91 Å². The predicted molar refractivity (Wildman–Crippen MR) is 86.9 cm³/mol. The van der Waals surface area contributed by atoms with Crippen LogP contribution in [0.1, 0.15) is 43.6 Å². The number of carbonyl (C=O) groups excluding carboxylic acids is 1. The molecule has 0 aliphatic carbocycles. The number of phenolic OH excluding ortho intramolecular Hbond substituents is 1. The van der Waals surface area contributed by atoms with Crippen LogP contribution in [0.25, 0.3) is 0 Å². The number of likely N-dealkylation sites (tertiary alicyclic amines) is 1. The minimum absolute atomic E-state index is 0.0492. The molecule has 4 rings (SSSR count). The number of ether oxygens (including phenoxy) is 1. The number of carbonyl (C=O) groups is 1. The van der Waals surface area contributed by atoms with Gasteiger partial charge < -0.3 is 15.2 Å². The molecule has 6 heteroatoms. The van der Waals surface area contributed by atoms with Crippen LogP contribution in [0.2, 0.25) is 5.02 Å². The van der Waals surface area contributed by atoms with Crippen molar-refractivity contribution in [2.75, 3.05) is 19.6 Å². The Morgan fingerprint density at radius 2 is 2.04 bits per heavy atom. The lowest BCUT2D eigenvalue weighted by molar-refractivity contribution is -0.159. The van der Waals surface area contributed by atoms with Gasteiger partial charge in [-0.2, -0.15) is 0 Å². The molecule has 2 fully saturated rings. The van der Waals surface area contributed by atoms with E-state index in [0.29, 0.717) is 17.3 Å². The van der Waals surface area contributed by atoms with Crippen LogP contribution in [0, 0.1) is 0 Å². The van der Waals surface area contributed by atoms with Gasteiger partial charge in [0.1, 0.15) is 11.5 Å². The Balaban J connectivity index is 1.86. The number of nitrogens with one attached hydrogen (secondary N) is 1. The highest BCUT2D eigenvalue weighted by Gasteiger charge is 2.59. The summed E-state index contributed by atoms with van der Waals surface area (Å²) in [5.41, 5.74) is -0.231. The lowest BCUT2D eigenvalue weighted by atomic mass is 9.84. The fourth-order valence-corrected chi connectivity index (χ4v) is 4.53. The number of benzene rings is 1. The Hall–Kier alpha value is -1.46. The molecule has 2 N–H and O–H groups in total. The molecule has 1 amide bonds. The highest BCUT2D eigenvalue weighted by molar-refractivity contribution is 6.33. The maximum Gasteiger partial charge on any atom is 0.280 e. The van der Waals surface area contributed by atoms with Crippen molar-refractivity contribution >= 4 is 17.5 Å². The number of aromatic hydroxyl groups is 1. The summed E-state index contributed by atoms with van der Waals surface area (Å²) in [5.74, 6) is 0.458. The van der Waals surface area contributed by atoms with Gasteiger partial charge in [-0.05, 0) is 37.8 Å². The summed E-state index contributed by atoms with van der Waals surface area (Å²) in [6.45, 7) is 2.35. The second kappa shape index (κ2) is 5.56. The minimum Gasteiger partial charge on any atom is -0.506 e. The van der Waals surface area contributed by atoms with Crippen LogP contribution < -0.4 is 10.1 Å². The molecule has 124 valence electrons. The normalized spacial score (nSPS) is 30.8. The summed E-state index contributed by atoms with van der Waals surface area (Å²) in [6.07, 6.45) is 5.01. The largest absolute Gasteiger partial charge is 0.506 e. The highest BCUT2D eigenvalue weighted by atomic mass is 35.5. The summed E-state index contributed by atoms with van der Waals surface area (Å²) < 4.78 is 6.28. The number of halogens is 1. The SMILES string of the molecule is O=C1NCCCC2c3c(ccc(O)c3Cl)O[C@]12N1CCCCC1. The molecule has 23 heavy (non-hydrogen) atoms. The molecular formula is C17H21ClN2O3. The lowest BCUT2D eigenvalue weighted by Crippen LogP contribution is -2.64. The summed E-state index contributed by atoms with van der Waals surface area (Å²) in [7, 11) is 0. The minimum atomic E-state index is -1.02. The third-order valence-electron chi connectivity index (χ3n) is 5.31. The van der Waals surface area contributed by atoms with Crippen molar-refractivity contribution in [1.82, 2.24) is 10.2 Å². The van der Waals surface area contributed by atoms with Gasteiger partial charge in [-0.15, -0.1) is 0 Å². The van der Waals surface area contributed by atoms with Crippen molar-refractivity contribution in [1.29, 1.82) is 0 Å². The van der Waals surface area contributed by atoms with Gasteiger partial charge in [-0.3, -0.25) is 9.69 Å². The fraction of sp³-hybridized carbons (Fsp3) is 0.588. The number of piperidine rings is 1. The molecule has 2 saturated heterocycles. The number of fused-ring (bicyclic) bond motifs is 3. The van der Waals surface area contributed by atoms with Gasteiger partial charge in [-0.25, -0.2) is 0 Å². The monoisotopic (exact) mass is 336 g/mol. The first-order valence-electron chi connectivity index (χ1n) is 8.38. The van der Waals surface area contributed by atoms with Crippen molar-refractivity contribution in [3.05, 3.63) is 22.7 Å². The number of phenols is 1. The zero-order valence-electron chi connectivity index (χ0n) is 13.0. The summed E-state index contributed by atoms with van der Waals surface area (Å²) >= 11 is 6.38. The molecule has 0 bridgehead atoms. The summed E-state index contributed by atoms with van der Waals surface area (Å²) in [6, 6.07) is 3.26. The molecule has 3 aliphatic rings. The molecule has 3 aliphatic heterocycles. The van der Waals surface area contributed by atoms with Crippen molar-refractivity contribution < 1.29 is 14.6 Å². The molecule has 1 aromatic carbocycles. The molecule has 3 heterocycles. The molecule has 0 saturated carbocycles. The third-order valence-corrected chi connectivity index (χ3v) is 5.71. The first kappa shape index (κ1) is 15.1. The average molecular weight is 337 g/mol. The number of nitrogens with zero attached hydrogens (tertiary/aromatic N) is 1. The predicted octanol–water partition coefficient (Wildman–Crippen LogP) is 2.61. The molecule has 2 atom stereocenters. The Morgan fingerprint density at radius 1 is 1.26 bits per heavy atom. The zero-order chi connectivity index (χ0) is 16.0. The van der Waals surface area contributed by atoms with E-state index < -0.39 is 5.72 Å². The van der Waals surface area contributed by atoms with Crippen LogP contribution in [0.5, 0.6) is 11.5 Å². The van der Waals surface area contributed by atoms with Gasteiger partial charge in [0, 0.05) is 25.2 Å². The average Bonchev–Trinajstić information content (AvgIpc) is 2.83. The van der Waals surface area contributed by atoms with Crippen LogP contribution in [-0.2, 0) is 4.79 Å². The third kappa shape index (κ3) is 2.13. The Morgan fingerprint density at radius 3 is 2.83 bits per heavy atom. The molecule has 0 radical (unpaired) electrons. The van der Waals surface area contributed by atoms with Crippen molar-refractivity contribution in [2.45, 2.75) is 43.7 Å². The lowest BCUT2D eigenvalue weighted by Gasteiger charge is -2.43. The number of amides is 1. The standard InChI is InChI=1S/C17H21ClN2O3/c18-15-12(21)6-7-13-14(15)11-5-4-8-19-16(22)17(11,23-13)20-9-2-1-3-10-20/h6-7,11,21H,1-5,8-10H2,(H,19,22)/t11?,17-/m0/s1. The summed E-state index contributed by atoms with van der Waals surface area (Å²) in [4.78, 5) is 15.2. The molecule has 0 spiro atoms. The first-order valence-corrected chi connectivity index (χ1v) is 8.76. The van der Waals surface area contributed by atoms with Crippen molar-refractivity contribution in [3.8, 4) is 11.5 Å². The van der Waals surface area contributed by atoms with Gasteiger partial charge in [-0.1, -0.05) is 18.0 Å². The Kier molecular flexibility index (Phi) is 3.65. The molecular weight excluding hydrogens is 316 g/mol. The smallest absolute Gasteiger partial charge is 0.280 e. The number of rotatable bonds is 1. The molecule has 0 aromatic heterocycles. The summed E-state index contributed by atoms with van der Waals surface area (Å²) in [5, 5.41) is 13.3. The Bertz CT molecular complexity index is 645. The van der Waals surface area contributed by atoms with Gasteiger partial charge >= 0.3 is 0 Å². The van der Waals surface area contributed by atoms with E-state index in [1.54, 1.807) is 6.07 Å². The van der Waals surface area contributed by atoms with E-state index in [4.69, 9.17) is 16.3 Å². The quantitative estimate of drug-likeness (QED) is 0.827. The highest BCUT2D eigenvalue weighted by Crippen LogP contribution is 2.54. The van der Waals surface area contributed by atoms with Gasteiger partial charge in [0.05, 0.1) is 10.9 Å². The van der Waals surface area contributed by atoms with E-state index in [-0.39, 0.29) is 17.6 Å². The maximum absolute atomic E-state index is 13.0. The van der Waals surface area contributed by atoms with Crippen LogP contribution in [-0.4, -0.2) is 41.3 Å². The topological polar surface area (TPSA) is 61.8 Å². The first-order chi connectivity index (χ1) is 11.1. The van der Waals surface area contributed by atoms with E-state index in [1.165, 1.54) is 12.5 Å². The number of hydrogen-bond acceptors (Lipinski definition) is 4. The van der Waals surface area contributed by atoms with Crippen molar-refractivity contribution in [2.24, 2.45) is 0 Å². The van der Waals surface area contributed by atoms with E-state index in [0.717, 1.165) is 44.3 Å². The van der Waals surface area contributed by atoms with Gasteiger partial charge in [0.15, 0.2) is 0 Å². The van der Waals surface area contributed by atoms with E-state index >= 15 is 0 Å². The van der Waals surface area contributed by atoms with E-state index in [9.17, 15) is 9.90 Å². The van der Waals surface area contributed by atoms with Crippen LogP contribution in [0.3, 0.4) is 0 Å². The Labute approximate surface area is 140 Å². The van der Waals surface area contributed by atoms with Crippen LogP contribution >= 0.6 is 11.6 Å². The van der Waals surface area contributed by atoms with Gasteiger partial charge in [0.2, 0.25) is 5.72 Å². The van der Waals surface area contributed by atoms with Crippen LogP contribution in [0.4, 0.5) is 0 Å². The van der Waals surface area contributed by atoms with Crippen molar-refractivity contribution in [3.63, 3.8) is 0 Å². The maximum atomic E-state index is 13.0. The van der Waals surface area contributed by atoms with E-state index in [1.807, 2.05) is 0 Å². The second-order valence-corrected chi connectivity index (χ2v) is 6.99. The van der Waals surface area contributed by atoms with E-state index in [2.05, 4.69) is 10.2 Å². The zero-order valence-corrected chi connectivity index (χ0v) is 13.7. The number of hydrogen-bond donors (Lipinski definition) is 2. The second-order valence-electron chi connectivity index (χ2n) is 6.61. The van der Waals surface area contributed by atoms with Crippen LogP contribution in [0.15, 0.2) is 12.1 Å².